The minimum atomic E-state index is -0.548. The maximum Gasteiger partial charge on any atom is 0.0931 e. The van der Waals surface area contributed by atoms with E-state index in [1.807, 2.05) is 31.2 Å². The maximum atomic E-state index is 10.5. The van der Waals surface area contributed by atoms with E-state index < -0.39 is 6.10 Å². The van der Waals surface area contributed by atoms with Gasteiger partial charge in [0.25, 0.3) is 0 Å². The Morgan fingerprint density at radius 3 is 3.00 bits per heavy atom. The van der Waals surface area contributed by atoms with E-state index in [-0.39, 0.29) is 0 Å². The van der Waals surface area contributed by atoms with Crippen molar-refractivity contribution in [3.63, 3.8) is 0 Å². The molecular formula is C17H22ClN3O. The first-order valence-electron chi connectivity index (χ1n) is 7.80. The zero-order valence-electron chi connectivity index (χ0n) is 12.8. The van der Waals surface area contributed by atoms with Crippen molar-refractivity contribution in [2.75, 3.05) is 19.6 Å². The first kappa shape index (κ1) is 15.5. The van der Waals surface area contributed by atoms with Gasteiger partial charge in [-0.05, 0) is 38.4 Å². The summed E-state index contributed by atoms with van der Waals surface area (Å²) in [6, 6.07) is 9.64. The number of aryl methyl sites for hydroxylation is 1. The number of nitrogens with zero attached hydrogens (tertiary/aromatic N) is 2. The van der Waals surface area contributed by atoms with Crippen LogP contribution in [0.5, 0.6) is 0 Å². The van der Waals surface area contributed by atoms with Gasteiger partial charge in [-0.15, -0.1) is 0 Å². The van der Waals surface area contributed by atoms with Crippen LogP contribution in [0.25, 0.3) is 0 Å². The number of rotatable bonds is 4. The van der Waals surface area contributed by atoms with Gasteiger partial charge >= 0.3 is 0 Å². The molecule has 0 amide bonds. The van der Waals surface area contributed by atoms with E-state index >= 15 is 0 Å². The number of β-amino-alcohol motifs (C(OH)–C–C–N with tert-alkyl or cyclic N) is 1. The highest BCUT2D eigenvalue weighted by Gasteiger charge is 2.25. The molecule has 1 aliphatic rings. The second-order valence-electron chi connectivity index (χ2n) is 6.11. The van der Waals surface area contributed by atoms with E-state index in [9.17, 15) is 5.11 Å². The van der Waals surface area contributed by atoms with Crippen LogP contribution < -0.4 is 0 Å². The van der Waals surface area contributed by atoms with E-state index in [1.54, 1.807) is 0 Å². The Morgan fingerprint density at radius 1 is 1.45 bits per heavy atom. The standard InChI is InChI=1S/C17H22ClN3O/c1-12-9-16(20-19-12)13-5-4-8-21(10-13)11-17(22)14-6-2-3-7-15(14)18/h2-3,6-7,9,13,17,22H,4-5,8,10-11H2,1H3,(H,19,20)/t13-,17-/m1/s1. The number of halogens is 1. The number of aromatic nitrogens is 2. The second kappa shape index (κ2) is 6.82. The van der Waals surface area contributed by atoms with Crippen molar-refractivity contribution in [2.24, 2.45) is 0 Å². The molecule has 5 heteroatoms. The van der Waals surface area contributed by atoms with E-state index in [4.69, 9.17) is 11.6 Å². The lowest BCUT2D eigenvalue weighted by Gasteiger charge is -2.33. The third-order valence-corrected chi connectivity index (χ3v) is 4.69. The Bertz CT molecular complexity index is 628. The summed E-state index contributed by atoms with van der Waals surface area (Å²) in [7, 11) is 0. The zero-order chi connectivity index (χ0) is 15.5. The quantitative estimate of drug-likeness (QED) is 0.909. The Morgan fingerprint density at radius 2 is 2.27 bits per heavy atom. The van der Waals surface area contributed by atoms with Crippen molar-refractivity contribution in [3.05, 3.63) is 52.3 Å². The molecule has 22 heavy (non-hydrogen) atoms. The van der Waals surface area contributed by atoms with Gasteiger partial charge in [0.15, 0.2) is 0 Å². The number of aliphatic hydroxyl groups excluding tert-OH is 1. The van der Waals surface area contributed by atoms with Gasteiger partial charge in [0, 0.05) is 35.3 Å². The number of piperidine rings is 1. The lowest BCUT2D eigenvalue weighted by molar-refractivity contribution is 0.0951. The molecule has 118 valence electrons. The molecule has 0 aliphatic carbocycles. The van der Waals surface area contributed by atoms with Gasteiger partial charge in [0.1, 0.15) is 0 Å². The third-order valence-electron chi connectivity index (χ3n) is 4.34. The Kier molecular flexibility index (Phi) is 4.81. The monoisotopic (exact) mass is 319 g/mol. The van der Waals surface area contributed by atoms with Gasteiger partial charge in [-0.1, -0.05) is 29.8 Å². The van der Waals surface area contributed by atoms with Gasteiger partial charge in [-0.25, -0.2) is 0 Å². The van der Waals surface area contributed by atoms with E-state index in [2.05, 4.69) is 21.2 Å². The number of H-pyrrole nitrogens is 1. The SMILES string of the molecule is Cc1cc([C@@H]2CCCN(C[C@@H](O)c3ccccc3Cl)C2)n[nH]1. The molecule has 1 saturated heterocycles. The number of nitrogens with one attached hydrogen (secondary N) is 1. The molecule has 1 aromatic carbocycles. The fourth-order valence-electron chi connectivity index (χ4n) is 3.20. The summed E-state index contributed by atoms with van der Waals surface area (Å²) >= 11 is 6.17. The molecule has 4 nitrogen and oxygen atoms in total. The fourth-order valence-corrected chi connectivity index (χ4v) is 3.46. The summed E-state index contributed by atoms with van der Waals surface area (Å²) in [6.45, 7) is 4.59. The highest BCUT2D eigenvalue weighted by molar-refractivity contribution is 6.31. The van der Waals surface area contributed by atoms with Crippen LogP contribution in [0.1, 0.15) is 41.8 Å². The summed E-state index contributed by atoms with van der Waals surface area (Å²) in [5, 5.41) is 18.5. The molecular weight excluding hydrogens is 298 g/mol. The highest BCUT2D eigenvalue weighted by Crippen LogP contribution is 2.28. The third kappa shape index (κ3) is 3.51. The minimum Gasteiger partial charge on any atom is -0.387 e. The van der Waals surface area contributed by atoms with Crippen molar-refractivity contribution in [1.29, 1.82) is 0 Å². The molecule has 2 aromatic rings. The molecule has 0 bridgehead atoms. The maximum absolute atomic E-state index is 10.5. The van der Waals surface area contributed by atoms with Crippen LogP contribution >= 0.6 is 11.6 Å². The predicted octanol–water partition coefficient (Wildman–Crippen LogP) is 3.28. The summed E-state index contributed by atoms with van der Waals surface area (Å²) < 4.78 is 0. The largest absolute Gasteiger partial charge is 0.387 e. The van der Waals surface area contributed by atoms with Crippen LogP contribution in [0.2, 0.25) is 5.02 Å². The van der Waals surface area contributed by atoms with Crippen molar-refractivity contribution >= 4 is 11.6 Å². The molecule has 1 fully saturated rings. The Balaban J connectivity index is 1.64. The molecule has 2 N–H and O–H groups in total. The number of aromatic amines is 1. The number of aliphatic hydroxyl groups is 1. The van der Waals surface area contributed by atoms with E-state index in [1.165, 1.54) is 0 Å². The molecule has 2 heterocycles. The topological polar surface area (TPSA) is 52.1 Å². The summed E-state index contributed by atoms with van der Waals surface area (Å²) in [5.74, 6) is 0.442. The fraction of sp³-hybridized carbons (Fsp3) is 0.471. The lowest BCUT2D eigenvalue weighted by Crippen LogP contribution is -2.37. The van der Waals surface area contributed by atoms with Crippen LogP contribution in [0, 0.1) is 6.92 Å². The number of hydrogen-bond donors (Lipinski definition) is 2. The van der Waals surface area contributed by atoms with Gasteiger partial charge < -0.3 is 5.11 Å². The average molecular weight is 320 g/mol. The first-order valence-corrected chi connectivity index (χ1v) is 8.18. The zero-order valence-corrected chi connectivity index (χ0v) is 13.6. The molecule has 0 spiro atoms. The number of benzene rings is 1. The van der Waals surface area contributed by atoms with Crippen molar-refractivity contribution in [2.45, 2.75) is 31.8 Å². The smallest absolute Gasteiger partial charge is 0.0931 e. The van der Waals surface area contributed by atoms with Crippen LogP contribution in [0.3, 0.4) is 0 Å². The lowest BCUT2D eigenvalue weighted by atomic mass is 9.94. The van der Waals surface area contributed by atoms with Crippen LogP contribution in [0.4, 0.5) is 0 Å². The number of likely N-dealkylation sites (tertiary alicyclic amines) is 1. The normalized spacial score (nSPS) is 21.0. The van der Waals surface area contributed by atoms with Gasteiger partial charge in [0.2, 0.25) is 0 Å². The van der Waals surface area contributed by atoms with Gasteiger partial charge in [-0.2, -0.15) is 5.10 Å². The number of hydrogen-bond acceptors (Lipinski definition) is 3. The molecule has 1 aliphatic heterocycles. The van der Waals surface area contributed by atoms with Crippen molar-refractivity contribution < 1.29 is 5.11 Å². The molecule has 2 atom stereocenters. The molecule has 1 aromatic heterocycles. The van der Waals surface area contributed by atoms with Crippen molar-refractivity contribution in [1.82, 2.24) is 15.1 Å². The van der Waals surface area contributed by atoms with Gasteiger partial charge in [-0.3, -0.25) is 10.00 Å². The molecule has 3 rings (SSSR count). The average Bonchev–Trinajstić information content (AvgIpc) is 2.94. The summed E-state index contributed by atoms with van der Waals surface area (Å²) in [4.78, 5) is 2.31. The van der Waals surface area contributed by atoms with Crippen molar-refractivity contribution in [3.8, 4) is 0 Å². The van der Waals surface area contributed by atoms with Crippen LogP contribution in [0.15, 0.2) is 30.3 Å². The molecule has 0 unspecified atom stereocenters. The Labute approximate surface area is 136 Å². The van der Waals surface area contributed by atoms with E-state index in [0.29, 0.717) is 17.5 Å². The second-order valence-corrected chi connectivity index (χ2v) is 6.52. The highest BCUT2D eigenvalue weighted by atomic mass is 35.5. The van der Waals surface area contributed by atoms with E-state index in [0.717, 1.165) is 42.9 Å². The molecule has 0 saturated carbocycles. The Hall–Kier alpha value is -1.36. The molecule has 0 radical (unpaired) electrons. The van der Waals surface area contributed by atoms with Gasteiger partial charge in [0.05, 0.1) is 11.8 Å². The summed E-state index contributed by atoms with van der Waals surface area (Å²) in [6.07, 6.45) is 1.74. The van der Waals surface area contributed by atoms with Crippen LogP contribution in [-0.2, 0) is 0 Å². The first-order chi connectivity index (χ1) is 10.6. The minimum absolute atomic E-state index is 0.442. The summed E-state index contributed by atoms with van der Waals surface area (Å²) in [5.41, 5.74) is 3.04. The predicted molar refractivity (Wildman–Crippen MR) is 88.2 cm³/mol. The van der Waals surface area contributed by atoms with Crippen LogP contribution in [-0.4, -0.2) is 39.8 Å².